The Labute approximate surface area is 160 Å². The van der Waals surface area contributed by atoms with Crippen molar-refractivity contribution in [3.63, 3.8) is 0 Å². The molecule has 0 aliphatic carbocycles. The minimum atomic E-state index is -1.70. The third-order valence-corrected chi connectivity index (χ3v) is 11.5. The van der Waals surface area contributed by atoms with Crippen LogP contribution < -0.4 is 0 Å². The summed E-state index contributed by atoms with van der Waals surface area (Å²) in [6.45, 7) is 16.4. The predicted octanol–water partition coefficient (Wildman–Crippen LogP) is 4.49. The quantitative estimate of drug-likeness (QED) is 0.291. The monoisotopic (exact) mass is 394 g/mol. The van der Waals surface area contributed by atoms with Crippen molar-refractivity contribution in [1.29, 1.82) is 0 Å². The summed E-state index contributed by atoms with van der Waals surface area (Å²) < 4.78 is 11.0. The molecule has 6 heteroatoms. The first-order chi connectivity index (χ1) is 11.5. The number of alkyl halides is 1. The summed E-state index contributed by atoms with van der Waals surface area (Å²) in [5.74, 6) is 0. The predicted molar refractivity (Wildman–Crippen MR) is 109 cm³/mol. The normalized spacial score (nSPS) is 16.4. The number of aliphatic hydroxyl groups is 2. The highest BCUT2D eigenvalue weighted by atomic mass is 35.5. The van der Waals surface area contributed by atoms with E-state index in [9.17, 15) is 10.2 Å². The maximum Gasteiger partial charge on any atom is 0.160 e. The molecule has 4 nitrogen and oxygen atoms in total. The summed E-state index contributed by atoms with van der Waals surface area (Å²) in [7, 11) is -1.70. The van der Waals surface area contributed by atoms with Crippen molar-refractivity contribution in [3.05, 3.63) is 11.3 Å². The van der Waals surface area contributed by atoms with Crippen LogP contribution in [0.4, 0.5) is 0 Å². The van der Waals surface area contributed by atoms with Crippen molar-refractivity contribution >= 4 is 19.7 Å². The molecule has 0 radical (unpaired) electrons. The zero-order valence-corrected chi connectivity index (χ0v) is 18.9. The Kier molecular flexibility index (Phi) is 11.8. The number of ether oxygens (including phenoxy) is 2. The van der Waals surface area contributed by atoms with E-state index in [2.05, 4.69) is 39.9 Å². The van der Waals surface area contributed by atoms with Crippen LogP contribution in [0.2, 0.25) is 18.1 Å². The van der Waals surface area contributed by atoms with E-state index < -0.39 is 25.8 Å². The highest BCUT2D eigenvalue weighted by Crippen LogP contribution is 2.41. The lowest BCUT2D eigenvalue weighted by molar-refractivity contribution is -0.152. The molecular weight excluding hydrogens is 356 g/mol. The molecule has 0 aliphatic heterocycles. The van der Waals surface area contributed by atoms with Gasteiger partial charge in [-0.15, -0.1) is 11.6 Å². The molecule has 0 saturated carbocycles. The molecule has 25 heavy (non-hydrogen) atoms. The Morgan fingerprint density at radius 2 is 1.68 bits per heavy atom. The molecule has 2 atom stereocenters. The van der Waals surface area contributed by atoms with Crippen molar-refractivity contribution in [1.82, 2.24) is 0 Å². The van der Waals surface area contributed by atoms with Gasteiger partial charge < -0.3 is 19.7 Å². The molecule has 0 rings (SSSR count). The van der Waals surface area contributed by atoms with Crippen LogP contribution in [-0.2, 0) is 9.47 Å². The van der Waals surface area contributed by atoms with Crippen molar-refractivity contribution in [2.45, 2.75) is 89.8 Å². The zero-order valence-electron chi connectivity index (χ0n) is 17.1. The van der Waals surface area contributed by atoms with Gasteiger partial charge in [0.1, 0.15) is 0 Å². The van der Waals surface area contributed by atoms with Crippen LogP contribution in [0.25, 0.3) is 0 Å². The van der Waals surface area contributed by atoms with Gasteiger partial charge in [-0.2, -0.15) is 0 Å². The Morgan fingerprint density at radius 1 is 1.16 bits per heavy atom. The molecule has 0 fully saturated rings. The molecule has 0 amide bonds. The maximum atomic E-state index is 10.4. The summed E-state index contributed by atoms with van der Waals surface area (Å²) in [4.78, 5) is 0. The van der Waals surface area contributed by atoms with Gasteiger partial charge in [-0.25, -0.2) is 0 Å². The SMILES string of the molecule is CCOC(C[C@H](O)[C@@H](Cl)C/C=C(\CCO)[Si](C)(C)C(C)(C)C)OCC. The Balaban J connectivity index is 4.97. The summed E-state index contributed by atoms with van der Waals surface area (Å²) in [5, 5.41) is 20.9. The fraction of sp³-hybridized carbons (Fsp3) is 0.895. The Bertz CT molecular complexity index is 387. The Hall–Kier alpha value is 0.0869. The highest BCUT2D eigenvalue weighted by Gasteiger charge is 2.38. The average Bonchev–Trinajstić information content (AvgIpc) is 2.50. The van der Waals surface area contributed by atoms with Crippen LogP contribution in [0.3, 0.4) is 0 Å². The second kappa shape index (κ2) is 11.7. The molecule has 0 bridgehead atoms. The van der Waals surface area contributed by atoms with E-state index in [1.54, 1.807) is 0 Å². The van der Waals surface area contributed by atoms with Gasteiger partial charge in [0, 0.05) is 26.2 Å². The largest absolute Gasteiger partial charge is 0.396 e. The molecule has 0 aromatic rings. The van der Waals surface area contributed by atoms with E-state index in [4.69, 9.17) is 21.1 Å². The molecule has 0 heterocycles. The molecule has 0 aliphatic rings. The standard InChI is InChI=1S/C19H39ClO4Si/c1-8-23-18(24-9-2)14-17(22)16(20)11-10-15(12-13-21)25(6,7)19(3,4)5/h10,16-18,21-22H,8-9,11-14H2,1-7H3/b15-10+/t16-,17-/m0/s1. The van der Waals surface area contributed by atoms with E-state index in [-0.39, 0.29) is 11.6 Å². The van der Waals surface area contributed by atoms with Gasteiger partial charge in [0.05, 0.1) is 19.6 Å². The van der Waals surface area contributed by atoms with E-state index in [0.717, 1.165) is 0 Å². The van der Waals surface area contributed by atoms with Gasteiger partial charge in [0.15, 0.2) is 6.29 Å². The summed E-state index contributed by atoms with van der Waals surface area (Å²) in [6, 6.07) is 0. The van der Waals surface area contributed by atoms with E-state index >= 15 is 0 Å². The lowest BCUT2D eigenvalue weighted by atomic mass is 10.1. The molecule has 0 aromatic heterocycles. The lowest BCUT2D eigenvalue weighted by Crippen LogP contribution is -2.40. The number of hydrogen-bond donors (Lipinski definition) is 2. The first kappa shape index (κ1) is 25.1. The lowest BCUT2D eigenvalue weighted by Gasteiger charge is -2.39. The topological polar surface area (TPSA) is 58.9 Å². The highest BCUT2D eigenvalue weighted by molar-refractivity contribution is 6.86. The number of allylic oxidation sites excluding steroid dienone is 1. The van der Waals surface area contributed by atoms with Gasteiger partial charge in [-0.3, -0.25) is 0 Å². The van der Waals surface area contributed by atoms with Crippen molar-refractivity contribution in [3.8, 4) is 0 Å². The maximum absolute atomic E-state index is 10.4. The first-order valence-corrected chi connectivity index (χ1v) is 12.8. The molecule has 0 aromatic carbocycles. The second-order valence-electron chi connectivity index (χ2n) is 7.97. The number of aliphatic hydroxyl groups excluding tert-OH is 2. The smallest absolute Gasteiger partial charge is 0.160 e. The third-order valence-electron chi connectivity index (χ3n) is 5.20. The number of hydrogen-bond acceptors (Lipinski definition) is 4. The van der Waals surface area contributed by atoms with Gasteiger partial charge in [0.2, 0.25) is 0 Å². The van der Waals surface area contributed by atoms with Gasteiger partial charge >= 0.3 is 0 Å². The summed E-state index contributed by atoms with van der Waals surface area (Å²) >= 11 is 6.43. The molecular formula is C19H39ClO4Si. The zero-order chi connectivity index (χ0) is 19.7. The molecule has 0 spiro atoms. The third kappa shape index (κ3) is 8.54. The van der Waals surface area contributed by atoms with E-state index in [0.29, 0.717) is 32.5 Å². The van der Waals surface area contributed by atoms with Crippen molar-refractivity contribution in [2.75, 3.05) is 19.8 Å². The van der Waals surface area contributed by atoms with Gasteiger partial charge in [0.25, 0.3) is 0 Å². The van der Waals surface area contributed by atoms with Crippen LogP contribution >= 0.6 is 11.6 Å². The first-order valence-electron chi connectivity index (χ1n) is 9.36. The van der Waals surface area contributed by atoms with Gasteiger partial charge in [-0.05, 0) is 31.7 Å². The Morgan fingerprint density at radius 3 is 2.08 bits per heavy atom. The second-order valence-corrected chi connectivity index (χ2v) is 13.9. The number of halogens is 1. The number of rotatable bonds is 12. The van der Waals surface area contributed by atoms with Crippen LogP contribution in [0.5, 0.6) is 0 Å². The van der Waals surface area contributed by atoms with Crippen LogP contribution in [0, 0.1) is 0 Å². The minimum absolute atomic E-state index is 0.143. The van der Waals surface area contributed by atoms with Crippen LogP contribution in [0.1, 0.15) is 53.9 Å². The summed E-state index contributed by atoms with van der Waals surface area (Å²) in [5.41, 5.74) is 0. The van der Waals surface area contributed by atoms with E-state index in [1.807, 2.05) is 13.8 Å². The van der Waals surface area contributed by atoms with E-state index in [1.165, 1.54) is 5.20 Å². The van der Waals surface area contributed by atoms with Gasteiger partial charge in [-0.1, -0.05) is 45.1 Å². The fourth-order valence-corrected chi connectivity index (χ4v) is 5.10. The van der Waals surface area contributed by atoms with Crippen LogP contribution in [-0.4, -0.2) is 55.9 Å². The fourth-order valence-electron chi connectivity index (χ4n) is 2.58. The molecule has 2 N–H and O–H groups in total. The average molecular weight is 395 g/mol. The van der Waals surface area contributed by atoms with Crippen molar-refractivity contribution < 1.29 is 19.7 Å². The molecule has 150 valence electrons. The van der Waals surface area contributed by atoms with Crippen LogP contribution in [0.15, 0.2) is 11.3 Å². The molecule has 0 unspecified atom stereocenters. The van der Waals surface area contributed by atoms with Crippen molar-refractivity contribution in [2.24, 2.45) is 0 Å². The summed E-state index contributed by atoms with van der Waals surface area (Å²) in [6.07, 6.45) is 2.64. The molecule has 0 saturated heterocycles. The minimum Gasteiger partial charge on any atom is -0.396 e.